The summed E-state index contributed by atoms with van der Waals surface area (Å²) in [6.07, 6.45) is 0. The minimum absolute atomic E-state index is 0.260. The fourth-order valence-corrected chi connectivity index (χ4v) is 2.33. The van der Waals surface area contributed by atoms with Crippen molar-refractivity contribution in [2.75, 3.05) is 5.32 Å². The number of carbonyl (C=O) groups is 1. The predicted octanol–water partition coefficient (Wildman–Crippen LogP) is 3.95. The highest BCUT2D eigenvalue weighted by molar-refractivity contribution is 6.03. The Hall–Kier alpha value is -2.67. The molecule has 0 fully saturated rings. The van der Waals surface area contributed by atoms with Gasteiger partial charge in [-0.25, -0.2) is 4.98 Å². The second-order valence-corrected chi connectivity index (χ2v) is 5.59. The highest BCUT2D eigenvalue weighted by Gasteiger charge is 2.15. The van der Waals surface area contributed by atoms with Crippen LogP contribution < -0.4 is 5.32 Å². The molecule has 0 radical (unpaired) electrons. The van der Waals surface area contributed by atoms with Crippen LogP contribution in [0, 0.1) is 25.2 Å². The normalized spacial score (nSPS) is 10.4. The number of nitrogens with one attached hydrogen (secondary N) is 1. The lowest BCUT2D eigenvalue weighted by molar-refractivity contribution is 0.102. The van der Waals surface area contributed by atoms with Crippen LogP contribution in [0.15, 0.2) is 30.3 Å². The molecule has 0 bridgehead atoms. The van der Waals surface area contributed by atoms with Crippen LogP contribution in [-0.2, 0) is 0 Å². The first-order valence-electron chi connectivity index (χ1n) is 7.22. The number of hydrogen-bond acceptors (Lipinski definition) is 3. The standard InChI is InChI=1S/C18H19N3O/c1-11(2)15-7-5-6-12(3)17(15)21-18(22)16-9-8-14(10-19)13(4)20-16/h5-9,11H,1-4H3,(H,21,22). The number of benzene rings is 1. The smallest absolute Gasteiger partial charge is 0.274 e. The van der Waals surface area contributed by atoms with E-state index in [2.05, 4.69) is 30.2 Å². The summed E-state index contributed by atoms with van der Waals surface area (Å²) in [7, 11) is 0. The Kier molecular flexibility index (Phi) is 4.57. The fraction of sp³-hybridized carbons (Fsp3) is 0.278. The number of anilines is 1. The topological polar surface area (TPSA) is 65.8 Å². The molecule has 112 valence electrons. The van der Waals surface area contributed by atoms with Crippen molar-refractivity contribution < 1.29 is 4.79 Å². The zero-order valence-corrected chi connectivity index (χ0v) is 13.3. The average Bonchev–Trinajstić information content (AvgIpc) is 2.48. The number of para-hydroxylation sites is 1. The molecule has 2 rings (SSSR count). The van der Waals surface area contributed by atoms with Crippen LogP contribution in [-0.4, -0.2) is 10.9 Å². The summed E-state index contributed by atoms with van der Waals surface area (Å²) in [6, 6.07) is 11.2. The maximum atomic E-state index is 12.4. The van der Waals surface area contributed by atoms with Gasteiger partial charge in [0, 0.05) is 5.69 Å². The molecule has 0 atom stereocenters. The van der Waals surface area contributed by atoms with E-state index < -0.39 is 0 Å². The van der Waals surface area contributed by atoms with Crippen LogP contribution >= 0.6 is 0 Å². The molecule has 4 nitrogen and oxygen atoms in total. The second-order valence-electron chi connectivity index (χ2n) is 5.59. The highest BCUT2D eigenvalue weighted by atomic mass is 16.1. The molecule has 1 heterocycles. The Balaban J connectivity index is 2.34. The van der Waals surface area contributed by atoms with E-state index in [1.165, 1.54) is 0 Å². The van der Waals surface area contributed by atoms with Gasteiger partial charge in [-0.15, -0.1) is 0 Å². The van der Waals surface area contributed by atoms with E-state index in [4.69, 9.17) is 5.26 Å². The van der Waals surface area contributed by atoms with Crippen LogP contribution in [0.3, 0.4) is 0 Å². The molecule has 1 aromatic carbocycles. The molecule has 22 heavy (non-hydrogen) atoms. The molecule has 0 spiro atoms. The molecule has 0 aliphatic rings. The molecule has 0 saturated carbocycles. The third-order valence-electron chi connectivity index (χ3n) is 3.60. The summed E-state index contributed by atoms with van der Waals surface area (Å²) in [4.78, 5) is 16.6. The van der Waals surface area contributed by atoms with Gasteiger partial charge in [0.25, 0.3) is 5.91 Å². The molecule has 4 heteroatoms. The summed E-state index contributed by atoms with van der Waals surface area (Å²) >= 11 is 0. The van der Waals surface area contributed by atoms with E-state index in [0.29, 0.717) is 22.9 Å². The van der Waals surface area contributed by atoms with Gasteiger partial charge in [0.2, 0.25) is 0 Å². The fourth-order valence-electron chi connectivity index (χ4n) is 2.33. The van der Waals surface area contributed by atoms with Gasteiger partial charge in [0.05, 0.1) is 11.3 Å². The van der Waals surface area contributed by atoms with Gasteiger partial charge in [-0.3, -0.25) is 4.79 Å². The van der Waals surface area contributed by atoms with Crippen molar-refractivity contribution in [3.05, 3.63) is 58.4 Å². The van der Waals surface area contributed by atoms with Crippen molar-refractivity contribution in [2.45, 2.75) is 33.6 Å². The molecular formula is C18H19N3O. The van der Waals surface area contributed by atoms with Crippen LogP contribution in [0.5, 0.6) is 0 Å². The number of nitriles is 1. The average molecular weight is 293 g/mol. The van der Waals surface area contributed by atoms with Gasteiger partial charge in [0.15, 0.2) is 0 Å². The third kappa shape index (κ3) is 3.15. The van der Waals surface area contributed by atoms with E-state index in [-0.39, 0.29) is 5.91 Å². The number of aryl methyl sites for hydroxylation is 2. The Morgan fingerprint density at radius 2 is 1.95 bits per heavy atom. The Morgan fingerprint density at radius 3 is 2.55 bits per heavy atom. The van der Waals surface area contributed by atoms with E-state index in [1.54, 1.807) is 19.1 Å². The van der Waals surface area contributed by atoms with Crippen molar-refractivity contribution in [1.29, 1.82) is 5.26 Å². The van der Waals surface area contributed by atoms with Crippen molar-refractivity contribution >= 4 is 11.6 Å². The van der Waals surface area contributed by atoms with Crippen LogP contribution in [0.25, 0.3) is 0 Å². The van der Waals surface area contributed by atoms with E-state index in [0.717, 1.165) is 16.8 Å². The zero-order chi connectivity index (χ0) is 16.3. The Morgan fingerprint density at radius 1 is 1.23 bits per heavy atom. The third-order valence-corrected chi connectivity index (χ3v) is 3.60. The van der Waals surface area contributed by atoms with Gasteiger partial charge in [-0.05, 0) is 43.0 Å². The van der Waals surface area contributed by atoms with Gasteiger partial charge in [0.1, 0.15) is 11.8 Å². The summed E-state index contributed by atoms with van der Waals surface area (Å²) in [5, 5.41) is 11.9. The lowest BCUT2D eigenvalue weighted by Crippen LogP contribution is -2.16. The summed E-state index contributed by atoms with van der Waals surface area (Å²) in [5.41, 5.74) is 4.31. The monoisotopic (exact) mass is 293 g/mol. The van der Waals surface area contributed by atoms with Crippen LogP contribution in [0.1, 0.15) is 52.6 Å². The lowest BCUT2D eigenvalue weighted by atomic mass is 9.98. The molecule has 0 aliphatic carbocycles. The molecule has 0 saturated heterocycles. The summed E-state index contributed by atoms with van der Waals surface area (Å²) in [5.74, 6) is 0.0506. The maximum absolute atomic E-state index is 12.4. The number of hydrogen-bond donors (Lipinski definition) is 1. The van der Waals surface area contributed by atoms with Crippen molar-refractivity contribution in [3.8, 4) is 6.07 Å². The Labute approximate surface area is 130 Å². The van der Waals surface area contributed by atoms with Crippen molar-refractivity contribution in [3.63, 3.8) is 0 Å². The molecular weight excluding hydrogens is 274 g/mol. The molecule has 0 aliphatic heterocycles. The number of aromatic nitrogens is 1. The molecule has 0 unspecified atom stereocenters. The SMILES string of the molecule is Cc1cccc(C(C)C)c1NC(=O)c1ccc(C#N)c(C)n1. The minimum Gasteiger partial charge on any atom is -0.320 e. The maximum Gasteiger partial charge on any atom is 0.274 e. The first-order chi connectivity index (χ1) is 10.4. The van der Waals surface area contributed by atoms with E-state index in [1.807, 2.05) is 25.1 Å². The zero-order valence-electron chi connectivity index (χ0n) is 13.3. The highest BCUT2D eigenvalue weighted by Crippen LogP contribution is 2.27. The number of carbonyl (C=O) groups excluding carboxylic acids is 1. The first-order valence-corrected chi connectivity index (χ1v) is 7.22. The molecule has 1 aromatic heterocycles. The van der Waals surface area contributed by atoms with Crippen molar-refractivity contribution in [2.24, 2.45) is 0 Å². The second kappa shape index (κ2) is 6.40. The van der Waals surface area contributed by atoms with Gasteiger partial charge < -0.3 is 5.32 Å². The van der Waals surface area contributed by atoms with E-state index in [9.17, 15) is 4.79 Å². The lowest BCUT2D eigenvalue weighted by Gasteiger charge is -2.16. The Bertz CT molecular complexity index is 757. The molecule has 1 amide bonds. The summed E-state index contributed by atoms with van der Waals surface area (Å²) < 4.78 is 0. The van der Waals surface area contributed by atoms with Gasteiger partial charge in [-0.1, -0.05) is 32.0 Å². The number of amides is 1. The number of rotatable bonds is 3. The molecule has 1 N–H and O–H groups in total. The van der Waals surface area contributed by atoms with Crippen LogP contribution in [0.2, 0.25) is 0 Å². The van der Waals surface area contributed by atoms with Gasteiger partial charge in [-0.2, -0.15) is 5.26 Å². The van der Waals surface area contributed by atoms with Crippen LogP contribution in [0.4, 0.5) is 5.69 Å². The minimum atomic E-state index is -0.260. The largest absolute Gasteiger partial charge is 0.320 e. The quantitative estimate of drug-likeness (QED) is 0.932. The van der Waals surface area contributed by atoms with Gasteiger partial charge >= 0.3 is 0 Å². The predicted molar refractivity (Wildman–Crippen MR) is 86.9 cm³/mol. The first kappa shape index (κ1) is 15.7. The number of pyridine rings is 1. The number of nitrogens with zero attached hydrogens (tertiary/aromatic N) is 2. The van der Waals surface area contributed by atoms with Crippen molar-refractivity contribution in [1.82, 2.24) is 4.98 Å². The van der Waals surface area contributed by atoms with E-state index >= 15 is 0 Å². The summed E-state index contributed by atoms with van der Waals surface area (Å²) in [6.45, 7) is 7.88. The molecule has 2 aromatic rings.